The SMILES string of the molecule is CC1(C)OB(C2=CCOCC2)OC1(C)C.N#Cc1cc(-c2ccnc3c2C=C(C2=CCOCC2)C3)ccc1OC1CCOCC1.N#Cc1cc(-c2ccnc3c2cc(C2=CCOCC2)n3S(=O)(=O)c2ccccc2)ccc1OC1CCOCC1.N#Cc1cc(-c2ccnc3c2cc(I)n3S(=O)(=O)c2ccccc2)ccc1OC1CCOCC1. The average molecular weight is 1740 g/mol. The van der Waals surface area contributed by atoms with Crippen LogP contribution in [0, 0.1) is 37.7 Å². The quantitative estimate of drug-likeness (QED) is 0.0641. The first-order chi connectivity index (χ1) is 57.3. The topological polar surface area (TPSA) is 290 Å². The molecule has 27 heteroatoms. The number of benzene rings is 5. The van der Waals surface area contributed by atoms with Crippen molar-refractivity contribution in [2.45, 2.75) is 131 Å². The Bertz CT molecular complexity index is 5860. The summed E-state index contributed by atoms with van der Waals surface area (Å²) in [4.78, 5) is 13.9. The summed E-state index contributed by atoms with van der Waals surface area (Å²) in [6, 6.07) is 49.8. The Kier molecular flexibility index (Phi) is 26.0. The van der Waals surface area contributed by atoms with Crippen LogP contribution in [0.3, 0.4) is 0 Å². The molecule has 1 aliphatic carbocycles. The monoisotopic (exact) mass is 1740 g/mol. The molecule has 10 aromatic rings. The van der Waals surface area contributed by atoms with Gasteiger partial charge in [-0.25, -0.2) is 34.7 Å². The molecule has 4 saturated heterocycles. The van der Waals surface area contributed by atoms with Crippen molar-refractivity contribution in [2.75, 3.05) is 79.3 Å². The van der Waals surface area contributed by atoms with Crippen LogP contribution in [0.15, 0.2) is 209 Å². The highest BCUT2D eigenvalue weighted by atomic mass is 127. The Labute approximate surface area is 701 Å². The van der Waals surface area contributed by atoms with Gasteiger partial charge in [0, 0.05) is 79.9 Å². The van der Waals surface area contributed by atoms with Crippen molar-refractivity contribution in [3.05, 3.63) is 236 Å². The molecule has 5 aromatic carbocycles. The van der Waals surface area contributed by atoms with Gasteiger partial charge in [0.25, 0.3) is 20.0 Å². The molecule has 18 rings (SSSR count). The Morgan fingerprint density at radius 3 is 1.32 bits per heavy atom. The smallest absolute Gasteiger partial charge is 0.489 e. The van der Waals surface area contributed by atoms with Gasteiger partial charge in [-0.05, 0) is 222 Å². The van der Waals surface area contributed by atoms with Gasteiger partial charge in [-0.2, -0.15) is 15.8 Å². The molecule has 606 valence electrons. The molecular weight excluding hydrogens is 1650 g/mol. The predicted molar refractivity (Wildman–Crippen MR) is 457 cm³/mol. The van der Waals surface area contributed by atoms with Crippen molar-refractivity contribution >= 4 is 83.5 Å². The lowest BCUT2D eigenvalue weighted by atomic mass is 9.75. The summed E-state index contributed by atoms with van der Waals surface area (Å²) < 4.78 is 120. The Hall–Kier alpha value is -10.2. The van der Waals surface area contributed by atoms with E-state index in [-0.39, 0.29) is 46.4 Å². The molecule has 0 unspecified atom stereocenters. The maximum absolute atomic E-state index is 14.0. The summed E-state index contributed by atoms with van der Waals surface area (Å²) in [6.07, 6.45) is 21.8. The summed E-state index contributed by atoms with van der Waals surface area (Å²) >= 11 is 2.01. The molecule has 118 heavy (non-hydrogen) atoms. The largest absolute Gasteiger partial charge is 0.490 e. The van der Waals surface area contributed by atoms with Crippen LogP contribution in [0.25, 0.3) is 67.1 Å². The first-order valence-electron chi connectivity index (χ1n) is 39.8. The van der Waals surface area contributed by atoms with E-state index in [2.05, 4.69) is 79.1 Å². The number of halogens is 1. The molecule has 0 saturated carbocycles. The van der Waals surface area contributed by atoms with E-state index in [1.54, 1.807) is 97.3 Å². The minimum atomic E-state index is -3.95. The molecular formula is C91H90BIN8O15S2. The van der Waals surface area contributed by atoms with Crippen molar-refractivity contribution in [1.82, 2.24) is 22.9 Å². The van der Waals surface area contributed by atoms with Gasteiger partial charge in [0.15, 0.2) is 11.3 Å². The van der Waals surface area contributed by atoms with Gasteiger partial charge in [0.2, 0.25) is 0 Å². The third kappa shape index (κ3) is 18.3. The summed E-state index contributed by atoms with van der Waals surface area (Å²) in [5.74, 6) is 1.74. The van der Waals surface area contributed by atoms with Crippen molar-refractivity contribution in [3.63, 3.8) is 0 Å². The van der Waals surface area contributed by atoms with Crippen LogP contribution in [0.5, 0.6) is 17.2 Å². The molecule has 0 N–H and O–H groups in total. The zero-order chi connectivity index (χ0) is 82.0. The molecule has 23 nitrogen and oxygen atoms in total. The van der Waals surface area contributed by atoms with Gasteiger partial charge in [-0.3, -0.25) is 4.98 Å². The molecule has 7 aliphatic heterocycles. The fourth-order valence-corrected chi connectivity index (χ4v) is 19.5. The van der Waals surface area contributed by atoms with E-state index in [9.17, 15) is 32.6 Å². The van der Waals surface area contributed by atoms with Crippen LogP contribution < -0.4 is 14.2 Å². The lowest BCUT2D eigenvalue weighted by molar-refractivity contribution is 0.00578. The fourth-order valence-electron chi connectivity index (χ4n) is 15.3. The number of allylic oxidation sites excluding steroid dienone is 1. The number of rotatable bonds is 16. The predicted octanol–water partition coefficient (Wildman–Crippen LogP) is 16.6. The van der Waals surface area contributed by atoms with Crippen LogP contribution in [0.1, 0.15) is 119 Å². The molecule has 0 spiro atoms. The molecule has 12 heterocycles. The highest BCUT2D eigenvalue weighted by Crippen LogP contribution is 2.43. The van der Waals surface area contributed by atoms with Crippen LogP contribution in [0.2, 0.25) is 0 Å². The van der Waals surface area contributed by atoms with Crippen LogP contribution in [-0.2, 0) is 64.2 Å². The number of fused-ring (bicyclic) bond motifs is 3. The van der Waals surface area contributed by atoms with E-state index in [4.69, 9.17) is 51.9 Å². The van der Waals surface area contributed by atoms with Gasteiger partial charge < -0.3 is 51.9 Å². The highest BCUT2D eigenvalue weighted by Gasteiger charge is 2.52. The first-order valence-corrected chi connectivity index (χ1v) is 43.7. The van der Waals surface area contributed by atoms with E-state index < -0.39 is 20.0 Å². The first kappa shape index (κ1) is 82.9. The lowest BCUT2D eigenvalue weighted by Crippen LogP contribution is -2.41. The summed E-state index contributed by atoms with van der Waals surface area (Å²) in [7, 11) is -7.95. The number of nitrogens with zero attached hydrogens (tertiary/aromatic N) is 8. The second-order valence-corrected chi connectivity index (χ2v) is 35.2. The molecule has 0 amide bonds. The van der Waals surface area contributed by atoms with Crippen molar-refractivity contribution in [3.8, 4) is 68.8 Å². The number of ether oxygens (including phenoxy) is 9. The minimum absolute atomic E-state index is 0.0110. The van der Waals surface area contributed by atoms with E-state index in [0.717, 1.165) is 121 Å². The molecule has 8 aliphatic rings. The fraction of sp³-hybridized carbons (Fsp3) is 0.341. The molecule has 0 atom stereocenters. The Morgan fingerprint density at radius 1 is 0.458 bits per heavy atom. The molecule has 5 aromatic heterocycles. The second-order valence-electron chi connectivity index (χ2n) is 30.5. The van der Waals surface area contributed by atoms with E-state index in [1.807, 2.05) is 95.5 Å². The molecule has 4 fully saturated rings. The van der Waals surface area contributed by atoms with E-state index in [1.165, 1.54) is 24.6 Å². The number of nitriles is 3. The average Bonchev–Trinajstić information content (AvgIpc) is 1.58. The lowest BCUT2D eigenvalue weighted by Gasteiger charge is -2.32. The highest BCUT2D eigenvalue weighted by molar-refractivity contribution is 14.1. The maximum Gasteiger partial charge on any atom is 0.490 e. The van der Waals surface area contributed by atoms with Gasteiger partial charge in [0.1, 0.15) is 53.8 Å². The van der Waals surface area contributed by atoms with Gasteiger partial charge >= 0.3 is 7.12 Å². The van der Waals surface area contributed by atoms with Gasteiger partial charge in [-0.1, -0.05) is 72.8 Å². The standard InChI is InChI=1S/C30H27N3O5S.C25H20IN3O4S.C25H24N2O3.C11H19BO3/c31-20-23-18-22(6-7-29(23)38-24-11-16-37-17-12-24)26-8-13-32-30-27(26)19-28(21-9-14-36-15-10-21)33(30)39(34,35)25-4-2-1-3-5-25;26-24-15-22-21(8-11-28-25(22)29(24)34(30,31)20-4-2-1-3-5-20)17-6-7-23(18(14-17)16-27)33-19-9-12-32-13-10-19;26-16-20-13-18(1-2-25(20)30-21-6-11-29-12-7-21)22-3-8-27-24-15-19(14-23(22)24)17-4-9-28-10-5-17;1-10(2)11(3,4)15-12(14-10)9-5-7-13-8-6-9/h1-9,13,18-19,24H,10-12,14-17H2;1-8,11,14-15,19H,9-10,12-13H2;1-4,8,13-14,21H,5-7,9-12,15H2;5H,6-8H2,1-4H3. The second kappa shape index (κ2) is 37.0. The molecule has 0 bridgehead atoms. The number of hydrogen-bond acceptors (Lipinski definition) is 21. The third-order valence-corrected chi connectivity index (χ3v) is 27.0. The zero-order valence-electron chi connectivity index (χ0n) is 66.2. The number of aromatic nitrogens is 5. The minimum Gasteiger partial charge on any atom is -0.489 e. The van der Waals surface area contributed by atoms with Crippen LogP contribution in [-0.4, -0.2) is 156 Å². The van der Waals surface area contributed by atoms with Crippen molar-refractivity contribution in [2.24, 2.45) is 0 Å². The van der Waals surface area contributed by atoms with Crippen molar-refractivity contribution < 1.29 is 68.8 Å². The normalized spacial score (nSPS) is 18.2. The Balaban J connectivity index is 0.000000128. The zero-order valence-corrected chi connectivity index (χ0v) is 69.9. The summed E-state index contributed by atoms with van der Waals surface area (Å²) in [5, 5.41) is 30.8. The van der Waals surface area contributed by atoms with E-state index in [0.29, 0.717) is 138 Å². The summed E-state index contributed by atoms with van der Waals surface area (Å²) in [5.41, 5.74) is 14.5. The molecule has 0 radical (unpaired) electrons. The van der Waals surface area contributed by atoms with Crippen molar-refractivity contribution in [1.29, 1.82) is 15.8 Å². The maximum atomic E-state index is 14.0. The van der Waals surface area contributed by atoms with Crippen LogP contribution in [0.4, 0.5) is 0 Å². The van der Waals surface area contributed by atoms with Gasteiger partial charge in [0.05, 0.1) is 132 Å². The number of pyridine rings is 3. The van der Waals surface area contributed by atoms with Gasteiger partial charge in [-0.15, -0.1) is 0 Å². The Morgan fingerprint density at radius 2 is 0.873 bits per heavy atom. The van der Waals surface area contributed by atoms with Crippen LogP contribution >= 0.6 is 22.6 Å². The summed E-state index contributed by atoms with van der Waals surface area (Å²) in [6.45, 7) is 16.2. The number of hydrogen-bond donors (Lipinski definition) is 0. The van der Waals surface area contributed by atoms with E-state index >= 15 is 0 Å². The third-order valence-electron chi connectivity index (χ3n) is 22.4.